The number of hydrogen-bond donors (Lipinski definition) is 0. The monoisotopic (exact) mass is 658 g/mol. The predicted molar refractivity (Wildman–Crippen MR) is 212 cm³/mol. The quantitative estimate of drug-likeness (QED) is 0.0492. The summed E-state index contributed by atoms with van der Waals surface area (Å²) >= 11 is 0. The lowest BCUT2D eigenvalue weighted by Gasteiger charge is -2.07. The third-order valence-corrected chi connectivity index (χ3v) is 10.8. The molecule has 0 N–H and O–H groups in total. The van der Waals surface area contributed by atoms with E-state index in [1.54, 1.807) is 5.82 Å². The van der Waals surface area contributed by atoms with Crippen molar-refractivity contribution in [3.63, 3.8) is 0 Å². The van der Waals surface area contributed by atoms with Crippen molar-refractivity contribution in [3.05, 3.63) is 18.2 Å². The van der Waals surface area contributed by atoms with Gasteiger partial charge in [0.1, 0.15) is 12.4 Å². The molecule has 2 heteroatoms. The van der Waals surface area contributed by atoms with Crippen LogP contribution in [0.4, 0.5) is 0 Å². The van der Waals surface area contributed by atoms with Crippen molar-refractivity contribution in [2.45, 2.75) is 271 Å². The van der Waals surface area contributed by atoms with E-state index in [-0.39, 0.29) is 0 Å². The molecule has 0 saturated carbocycles. The zero-order valence-electron chi connectivity index (χ0n) is 33.1. The van der Waals surface area contributed by atoms with Crippen molar-refractivity contribution in [2.75, 3.05) is 0 Å². The van der Waals surface area contributed by atoms with Gasteiger partial charge in [-0.05, 0) is 32.1 Å². The molecule has 0 spiro atoms. The molecule has 0 saturated heterocycles. The fourth-order valence-corrected chi connectivity index (χ4v) is 7.56. The molecule has 0 aromatic carbocycles. The Morgan fingerprint density at radius 1 is 0.362 bits per heavy atom. The molecule has 0 atom stereocenters. The Labute approximate surface area is 298 Å². The number of nitrogens with zero attached hydrogens (tertiary/aromatic N) is 2. The van der Waals surface area contributed by atoms with Crippen LogP contribution in [0, 0.1) is 0 Å². The third kappa shape index (κ3) is 28.7. The Morgan fingerprint density at radius 2 is 0.660 bits per heavy atom. The van der Waals surface area contributed by atoms with Gasteiger partial charge in [-0.2, -0.15) is 0 Å². The minimum absolute atomic E-state index is 1.23. The van der Waals surface area contributed by atoms with Crippen LogP contribution < -0.4 is 4.57 Å². The topological polar surface area (TPSA) is 8.81 Å². The van der Waals surface area contributed by atoms with Crippen LogP contribution in [-0.4, -0.2) is 4.57 Å². The van der Waals surface area contributed by atoms with Gasteiger partial charge < -0.3 is 0 Å². The molecule has 47 heavy (non-hydrogen) atoms. The number of rotatable bonds is 39. The second kappa shape index (κ2) is 36.5. The van der Waals surface area contributed by atoms with Gasteiger partial charge in [-0.15, -0.1) is 0 Å². The lowest BCUT2D eigenvalue weighted by Crippen LogP contribution is -2.37. The summed E-state index contributed by atoms with van der Waals surface area (Å²) < 4.78 is 5.28. The number of aryl methyl sites for hydroxylation is 2. The van der Waals surface area contributed by atoms with Crippen LogP contribution in [0.3, 0.4) is 0 Å². The Bertz CT molecular complexity index is 722. The number of hydrogen-bond acceptors (Lipinski definition) is 0. The first-order valence-electron chi connectivity index (χ1n) is 22.4. The Balaban J connectivity index is 2.19. The zero-order valence-corrected chi connectivity index (χ0v) is 33.1. The maximum atomic E-state index is 2.64. The standard InChI is InChI=1S/C45H89N2/c1-4-7-10-13-16-18-20-22-23-24-25-26-28-30-33-36-39-42-47-44-43-46(45(47)40-37-34-31-15-12-9-6-3)41-38-35-32-29-27-21-19-17-14-11-8-5-2/h43-44H,4-42H2,1-3H3/q+1. The van der Waals surface area contributed by atoms with Crippen LogP contribution in [0.1, 0.15) is 258 Å². The lowest BCUT2D eigenvalue weighted by atomic mass is 10.0. The Hall–Kier alpha value is -0.790. The molecule has 1 rings (SSSR count). The first-order valence-corrected chi connectivity index (χ1v) is 22.4. The van der Waals surface area contributed by atoms with Crippen LogP contribution in [0.25, 0.3) is 0 Å². The highest BCUT2D eigenvalue weighted by atomic mass is 15.1. The molecule has 0 radical (unpaired) electrons. The van der Waals surface area contributed by atoms with Gasteiger partial charge in [0.15, 0.2) is 0 Å². The summed E-state index contributed by atoms with van der Waals surface area (Å²) in [6.07, 6.45) is 57.8. The van der Waals surface area contributed by atoms with Crippen molar-refractivity contribution in [2.24, 2.45) is 0 Å². The molecular formula is C45H89N2+. The summed E-state index contributed by atoms with van der Waals surface area (Å²) in [5, 5.41) is 0. The van der Waals surface area contributed by atoms with E-state index < -0.39 is 0 Å². The first-order chi connectivity index (χ1) is 23.3. The van der Waals surface area contributed by atoms with Gasteiger partial charge in [-0.1, -0.05) is 220 Å². The molecule has 278 valence electrons. The molecule has 0 aliphatic rings. The molecule has 0 fully saturated rings. The summed E-state index contributed by atoms with van der Waals surface area (Å²) in [7, 11) is 0. The van der Waals surface area contributed by atoms with Gasteiger partial charge in [0.05, 0.1) is 13.1 Å². The van der Waals surface area contributed by atoms with Gasteiger partial charge >= 0.3 is 0 Å². The molecule has 0 unspecified atom stereocenters. The van der Waals surface area contributed by atoms with Crippen molar-refractivity contribution >= 4 is 0 Å². The summed E-state index contributed by atoms with van der Waals surface area (Å²) in [6, 6.07) is 0. The van der Waals surface area contributed by atoms with E-state index >= 15 is 0 Å². The average Bonchev–Trinajstić information content (AvgIpc) is 3.47. The average molecular weight is 658 g/mol. The van der Waals surface area contributed by atoms with Crippen molar-refractivity contribution in [3.8, 4) is 0 Å². The lowest BCUT2D eigenvalue weighted by molar-refractivity contribution is -0.704. The van der Waals surface area contributed by atoms with E-state index in [1.165, 1.54) is 251 Å². The zero-order chi connectivity index (χ0) is 33.7. The highest BCUT2D eigenvalue weighted by Gasteiger charge is 2.16. The van der Waals surface area contributed by atoms with Gasteiger partial charge in [0, 0.05) is 6.42 Å². The minimum atomic E-state index is 1.23. The van der Waals surface area contributed by atoms with E-state index in [0.717, 1.165) is 0 Å². The molecule has 1 aromatic heterocycles. The number of unbranched alkanes of at least 4 members (excludes halogenated alkanes) is 33. The molecule has 2 nitrogen and oxygen atoms in total. The number of imidazole rings is 1. The van der Waals surface area contributed by atoms with Crippen LogP contribution >= 0.6 is 0 Å². The molecule has 1 aromatic rings. The molecule has 0 bridgehead atoms. The molecular weight excluding hydrogens is 569 g/mol. The van der Waals surface area contributed by atoms with Crippen LogP contribution in [-0.2, 0) is 19.5 Å². The molecule has 0 aliphatic heterocycles. The Morgan fingerprint density at radius 3 is 1.02 bits per heavy atom. The van der Waals surface area contributed by atoms with E-state index in [0.29, 0.717) is 0 Å². The van der Waals surface area contributed by atoms with E-state index in [9.17, 15) is 0 Å². The highest BCUT2D eigenvalue weighted by Crippen LogP contribution is 2.16. The third-order valence-electron chi connectivity index (χ3n) is 10.8. The van der Waals surface area contributed by atoms with Crippen LogP contribution in [0.5, 0.6) is 0 Å². The van der Waals surface area contributed by atoms with Gasteiger partial charge in [0.25, 0.3) is 5.82 Å². The van der Waals surface area contributed by atoms with E-state index in [4.69, 9.17) is 0 Å². The van der Waals surface area contributed by atoms with Gasteiger partial charge in [-0.3, -0.25) is 0 Å². The number of aromatic nitrogens is 2. The predicted octanol–water partition coefficient (Wildman–Crippen LogP) is 15.4. The van der Waals surface area contributed by atoms with Crippen LogP contribution in [0.15, 0.2) is 12.4 Å². The second-order valence-corrected chi connectivity index (χ2v) is 15.5. The summed E-state index contributed by atoms with van der Waals surface area (Å²) in [5.74, 6) is 1.62. The first kappa shape index (κ1) is 44.2. The highest BCUT2D eigenvalue weighted by molar-refractivity contribution is 4.84. The largest absolute Gasteiger partial charge is 0.256 e. The molecule has 0 aliphatic carbocycles. The fourth-order valence-electron chi connectivity index (χ4n) is 7.56. The summed E-state index contributed by atoms with van der Waals surface area (Å²) in [4.78, 5) is 0. The van der Waals surface area contributed by atoms with Gasteiger partial charge in [0.2, 0.25) is 0 Å². The summed E-state index contributed by atoms with van der Waals surface area (Å²) in [5.41, 5.74) is 0. The van der Waals surface area contributed by atoms with Gasteiger partial charge in [-0.25, -0.2) is 9.13 Å². The molecule has 0 amide bonds. The maximum absolute atomic E-state index is 2.64. The SMILES string of the molecule is CCCCCCCCCCCCCCCCCCC[n+]1ccn(CCCCCCCCCCCCCC)c1CCCCCCCCC. The minimum Gasteiger partial charge on any atom is -0.234 e. The van der Waals surface area contributed by atoms with Crippen molar-refractivity contribution < 1.29 is 4.57 Å². The van der Waals surface area contributed by atoms with E-state index in [1.807, 2.05) is 0 Å². The normalized spacial score (nSPS) is 11.6. The fraction of sp³-hybridized carbons (Fsp3) is 0.933. The van der Waals surface area contributed by atoms with Crippen LogP contribution in [0.2, 0.25) is 0 Å². The van der Waals surface area contributed by atoms with E-state index in [2.05, 4.69) is 42.3 Å². The Kier molecular flexibility index (Phi) is 34.3. The van der Waals surface area contributed by atoms with Crippen molar-refractivity contribution in [1.29, 1.82) is 0 Å². The smallest absolute Gasteiger partial charge is 0.234 e. The maximum Gasteiger partial charge on any atom is 0.256 e. The summed E-state index contributed by atoms with van der Waals surface area (Å²) in [6.45, 7) is 9.41. The molecule has 1 heterocycles. The van der Waals surface area contributed by atoms with Crippen molar-refractivity contribution in [1.82, 2.24) is 4.57 Å². The second-order valence-electron chi connectivity index (χ2n) is 15.5.